The third-order valence-corrected chi connectivity index (χ3v) is 3.21. The molecule has 1 saturated carbocycles. The number of ether oxygens (including phenoxy) is 3. The highest BCUT2D eigenvalue weighted by atomic mass is 16.5. The molecule has 0 saturated heterocycles. The second kappa shape index (κ2) is 8.00. The fourth-order valence-electron chi connectivity index (χ4n) is 2.11. The van der Waals surface area contributed by atoms with Crippen LogP contribution in [0.4, 0.5) is 0 Å². The van der Waals surface area contributed by atoms with Crippen molar-refractivity contribution >= 4 is 0 Å². The Morgan fingerprint density at radius 3 is 2.53 bits per heavy atom. The Bertz CT molecular complexity index is 195. The molecule has 0 aromatic rings. The van der Waals surface area contributed by atoms with Crippen molar-refractivity contribution in [2.45, 2.75) is 37.4 Å². The second-order valence-electron chi connectivity index (χ2n) is 4.63. The van der Waals surface area contributed by atoms with E-state index in [1.807, 2.05) is 0 Å². The summed E-state index contributed by atoms with van der Waals surface area (Å²) in [5.41, 5.74) is 5.54. The highest BCUT2D eigenvalue weighted by Gasteiger charge is 2.33. The normalized spacial score (nSPS) is 20.6. The largest absolute Gasteiger partial charge is 0.388 e. The van der Waals surface area contributed by atoms with Gasteiger partial charge in [0, 0.05) is 13.7 Å². The smallest absolute Gasteiger partial charge is 0.101 e. The lowest BCUT2D eigenvalue weighted by molar-refractivity contribution is -0.0902. The van der Waals surface area contributed by atoms with Gasteiger partial charge in [0.05, 0.1) is 32.0 Å². The van der Waals surface area contributed by atoms with Gasteiger partial charge in [0.1, 0.15) is 6.10 Å². The Morgan fingerprint density at radius 1 is 1.24 bits per heavy atom. The molecule has 5 nitrogen and oxygen atoms in total. The molecule has 17 heavy (non-hydrogen) atoms. The summed E-state index contributed by atoms with van der Waals surface area (Å²) in [5, 5.41) is 9.69. The van der Waals surface area contributed by atoms with E-state index in [2.05, 4.69) is 0 Å². The van der Waals surface area contributed by atoms with Crippen LogP contribution in [0.1, 0.15) is 25.7 Å². The van der Waals surface area contributed by atoms with Gasteiger partial charge in [-0.3, -0.25) is 0 Å². The summed E-state index contributed by atoms with van der Waals surface area (Å²) in [7, 11) is 1.62. The second-order valence-corrected chi connectivity index (χ2v) is 4.63. The molecule has 1 aliphatic carbocycles. The minimum Gasteiger partial charge on any atom is -0.388 e. The summed E-state index contributed by atoms with van der Waals surface area (Å²) in [6.45, 7) is 2.15. The lowest BCUT2D eigenvalue weighted by Gasteiger charge is -2.28. The predicted octanol–water partition coefficient (Wildman–Crippen LogP) is 0.298. The predicted molar refractivity (Wildman–Crippen MR) is 64.9 cm³/mol. The van der Waals surface area contributed by atoms with Gasteiger partial charge in [-0.1, -0.05) is 12.8 Å². The number of methoxy groups -OCH3 is 1. The van der Waals surface area contributed by atoms with Crippen LogP contribution in [0, 0.1) is 0 Å². The summed E-state index contributed by atoms with van der Waals surface area (Å²) in [5.74, 6) is 0. The van der Waals surface area contributed by atoms with Crippen molar-refractivity contribution in [2.75, 3.05) is 40.1 Å². The molecule has 0 bridgehead atoms. The summed E-state index contributed by atoms with van der Waals surface area (Å²) in [6.07, 6.45) is 3.74. The molecule has 0 aromatic heterocycles. The van der Waals surface area contributed by atoms with E-state index in [0.29, 0.717) is 26.4 Å². The molecule has 3 N–H and O–H groups in total. The van der Waals surface area contributed by atoms with Gasteiger partial charge in [-0.15, -0.1) is 0 Å². The molecule has 5 heteroatoms. The maximum atomic E-state index is 9.69. The van der Waals surface area contributed by atoms with E-state index in [-0.39, 0.29) is 12.2 Å². The van der Waals surface area contributed by atoms with Crippen LogP contribution in [-0.4, -0.2) is 56.9 Å². The Kier molecular flexibility index (Phi) is 6.99. The van der Waals surface area contributed by atoms with E-state index >= 15 is 0 Å². The molecule has 1 fully saturated rings. The minimum absolute atomic E-state index is 0.201. The first-order valence-corrected chi connectivity index (χ1v) is 6.31. The molecule has 0 spiro atoms. The van der Waals surface area contributed by atoms with E-state index in [4.69, 9.17) is 19.9 Å². The lowest BCUT2D eigenvalue weighted by atomic mass is 10.0. The van der Waals surface area contributed by atoms with Crippen molar-refractivity contribution < 1.29 is 19.3 Å². The third kappa shape index (κ3) is 5.31. The zero-order chi connectivity index (χ0) is 12.6. The van der Waals surface area contributed by atoms with Crippen LogP contribution in [0.25, 0.3) is 0 Å². The number of nitrogens with two attached hydrogens (primary N) is 1. The Morgan fingerprint density at radius 2 is 1.94 bits per heavy atom. The molecule has 0 radical (unpaired) electrons. The fourth-order valence-corrected chi connectivity index (χ4v) is 2.11. The Hall–Kier alpha value is -0.200. The standard InChI is InChI=1S/C12H25NO4/c1-15-6-7-16-8-11(14)9-17-12(10-13)4-2-3-5-12/h11,14H,2-10,13H2,1H3. The van der Waals surface area contributed by atoms with Gasteiger partial charge in [-0.25, -0.2) is 0 Å². The van der Waals surface area contributed by atoms with Crippen LogP contribution in [-0.2, 0) is 14.2 Å². The Labute approximate surface area is 103 Å². The van der Waals surface area contributed by atoms with Crippen molar-refractivity contribution in [1.82, 2.24) is 0 Å². The number of hydrogen-bond acceptors (Lipinski definition) is 5. The van der Waals surface area contributed by atoms with E-state index in [9.17, 15) is 5.11 Å². The van der Waals surface area contributed by atoms with E-state index in [1.165, 1.54) is 0 Å². The summed E-state index contributed by atoms with van der Waals surface area (Å²) in [4.78, 5) is 0. The molecule has 0 aromatic carbocycles. The van der Waals surface area contributed by atoms with Gasteiger partial charge in [0.15, 0.2) is 0 Å². The third-order valence-electron chi connectivity index (χ3n) is 3.21. The number of aliphatic hydroxyl groups is 1. The summed E-state index contributed by atoms with van der Waals surface area (Å²) >= 11 is 0. The van der Waals surface area contributed by atoms with Gasteiger partial charge in [-0.2, -0.15) is 0 Å². The number of rotatable bonds is 9. The highest BCUT2D eigenvalue weighted by Crippen LogP contribution is 2.32. The molecule has 0 amide bonds. The fraction of sp³-hybridized carbons (Fsp3) is 1.00. The van der Waals surface area contributed by atoms with Crippen LogP contribution in [0.5, 0.6) is 0 Å². The van der Waals surface area contributed by atoms with Crippen LogP contribution in [0.2, 0.25) is 0 Å². The molecule has 0 heterocycles. The maximum Gasteiger partial charge on any atom is 0.101 e. The van der Waals surface area contributed by atoms with Gasteiger partial charge in [0.25, 0.3) is 0 Å². The molecule has 102 valence electrons. The molecular formula is C12H25NO4. The summed E-state index contributed by atoms with van der Waals surface area (Å²) in [6, 6.07) is 0. The van der Waals surface area contributed by atoms with Crippen LogP contribution < -0.4 is 5.73 Å². The molecular weight excluding hydrogens is 222 g/mol. The van der Waals surface area contributed by atoms with Gasteiger partial charge < -0.3 is 25.1 Å². The van der Waals surface area contributed by atoms with Crippen molar-refractivity contribution in [3.05, 3.63) is 0 Å². The molecule has 1 rings (SSSR count). The highest BCUT2D eigenvalue weighted by molar-refractivity contribution is 4.87. The first-order valence-electron chi connectivity index (χ1n) is 6.31. The zero-order valence-electron chi connectivity index (χ0n) is 10.7. The quantitative estimate of drug-likeness (QED) is 0.573. The zero-order valence-corrected chi connectivity index (χ0v) is 10.7. The van der Waals surface area contributed by atoms with Crippen LogP contribution in [0.3, 0.4) is 0 Å². The first kappa shape index (κ1) is 14.9. The van der Waals surface area contributed by atoms with Crippen molar-refractivity contribution in [3.63, 3.8) is 0 Å². The number of aliphatic hydroxyl groups excluding tert-OH is 1. The first-order chi connectivity index (χ1) is 8.22. The van der Waals surface area contributed by atoms with Crippen molar-refractivity contribution in [3.8, 4) is 0 Å². The van der Waals surface area contributed by atoms with E-state index in [0.717, 1.165) is 25.7 Å². The van der Waals surface area contributed by atoms with Crippen LogP contribution in [0.15, 0.2) is 0 Å². The Balaban J connectivity index is 2.11. The number of hydrogen-bond donors (Lipinski definition) is 2. The van der Waals surface area contributed by atoms with Crippen LogP contribution >= 0.6 is 0 Å². The maximum absolute atomic E-state index is 9.69. The topological polar surface area (TPSA) is 73.9 Å². The molecule has 0 aliphatic heterocycles. The average Bonchev–Trinajstić information content (AvgIpc) is 2.82. The summed E-state index contributed by atoms with van der Waals surface area (Å²) < 4.78 is 15.8. The lowest BCUT2D eigenvalue weighted by Crippen LogP contribution is -2.40. The molecule has 1 atom stereocenters. The minimum atomic E-state index is -0.587. The van der Waals surface area contributed by atoms with Gasteiger partial charge in [-0.05, 0) is 12.8 Å². The average molecular weight is 247 g/mol. The van der Waals surface area contributed by atoms with Gasteiger partial charge >= 0.3 is 0 Å². The molecule has 1 unspecified atom stereocenters. The molecule has 1 aliphatic rings. The van der Waals surface area contributed by atoms with Crippen molar-refractivity contribution in [2.24, 2.45) is 5.73 Å². The van der Waals surface area contributed by atoms with E-state index < -0.39 is 6.10 Å². The van der Waals surface area contributed by atoms with Gasteiger partial charge in [0.2, 0.25) is 0 Å². The SMILES string of the molecule is COCCOCC(O)COC1(CN)CCCC1. The van der Waals surface area contributed by atoms with Crippen molar-refractivity contribution in [1.29, 1.82) is 0 Å². The van der Waals surface area contributed by atoms with E-state index in [1.54, 1.807) is 7.11 Å². The monoisotopic (exact) mass is 247 g/mol.